The zero-order valence-corrected chi connectivity index (χ0v) is 16.5. The molecule has 29 heavy (non-hydrogen) atoms. The van der Waals surface area contributed by atoms with Crippen LogP contribution in [0.2, 0.25) is 0 Å². The number of aryl methyl sites for hydroxylation is 1. The second-order valence-corrected chi connectivity index (χ2v) is 7.13. The summed E-state index contributed by atoms with van der Waals surface area (Å²) in [5.74, 6) is 1.64. The van der Waals surface area contributed by atoms with Gasteiger partial charge >= 0.3 is 6.03 Å². The molecule has 0 radical (unpaired) electrons. The Morgan fingerprint density at radius 1 is 0.793 bits per heavy atom. The van der Waals surface area contributed by atoms with Crippen LogP contribution in [-0.4, -0.2) is 37.1 Å². The van der Waals surface area contributed by atoms with Crippen LogP contribution in [0.5, 0.6) is 11.5 Å². The van der Waals surface area contributed by atoms with Gasteiger partial charge in [0.25, 0.3) is 0 Å². The number of nitrogens with zero attached hydrogens (tertiary/aromatic N) is 2. The highest BCUT2D eigenvalue weighted by Crippen LogP contribution is 2.25. The third-order valence-electron chi connectivity index (χ3n) is 5.13. The minimum atomic E-state index is -0.0365. The molecule has 3 aromatic rings. The lowest BCUT2D eigenvalue weighted by Crippen LogP contribution is -2.50. The van der Waals surface area contributed by atoms with Gasteiger partial charge in [0, 0.05) is 37.6 Å². The van der Waals surface area contributed by atoms with E-state index in [1.54, 1.807) is 0 Å². The summed E-state index contributed by atoms with van der Waals surface area (Å²) < 4.78 is 5.86. The van der Waals surface area contributed by atoms with Crippen molar-refractivity contribution in [1.29, 1.82) is 0 Å². The van der Waals surface area contributed by atoms with Gasteiger partial charge in [0.15, 0.2) is 0 Å². The van der Waals surface area contributed by atoms with Gasteiger partial charge in [-0.25, -0.2) is 4.79 Å². The van der Waals surface area contributed by atoms with E-state index in [2.05, 4.69) is 22.3 Å². The van der Waals surface area contributed by atoms with Gasteiger partial charge in [-0.05, 0) is 55.0 Å². The second kappa shape index (κ2) is 8.69. The zero-order valence-electron chi connectivity index (χ0n) is 16.5. The van der Waals surface area contributed by atoms with E-state index in [4.69, 9.17) is 4.74 Å². The third-order valence-corrected chi connectivity index (χ3v) is 5.13. The molecule has 2 amide bonds. The minimum Gasteiger partial charge on any atom is -0.457 e. The molecule has 0 saturated carbocycles. The number of ether oxygens (including phenoxy) is 1. The number of hydrogen-bond donors (Lipinski definition) is 1. The third kappa shape index (κ3) is 4.69. The molecule has 1 saturated heterocycles. The topological polar surface area (TPSA) is 44.8 Å². The first-order chi connectivity index (χ1) is 14.2. The Morgan fingerprint density at radius 2 is 1.41 bits per heavy atom. The van der Waals surface area contributed by atoms with Gasteiger partial charge in [-0.3, -0.25) is 0 Å². The van der Waals surface area contributed by atoms with Gasteiger partial charge in [0.1, 0.15) is 11.5 Å². The normalized spacial score (nSPS) is 13.8. The lowest BCUT2D eigenvalue weighted by Gasteiger charge is -2.36. The molecule has 1 fully saturated rings. The van der Waals surface area contributed by atoms with Gasteiger partial charge in [-0.2, -0.15) is 0 Å². The summed E-state index contributed by atoms with van der Waals surface area (Å²) in [6.45, 7) is 5.00. The Hall–Kier alpha value is -3.47. The molecule has 0 bridgehead atoms. The Kier molecular flexibility index (Phi) is 5.66. The number of piperazine rings is 1. The van der Waals surface area contributed by atoms with Crippen LogP contribution in [0.25, 0.3) is 0 Å². The van der Waals surface area contributed by atoms with Crippen LogP contribution in [0.4, 0.5) is 16.2 Å². The fourth-order valence-electron chi connectivity index (χ4n) is 3.42. The largest absolute Gasteiger partial charge is 0.457 e. The second-order valence-electron chi connectivity index (χ2n) is 7.13. The molecule has 3 aromatic carbocycles. The molecule has 0 aliphatic carbocycles. The van der Waals surface area contributed by atoms with Crippen LogP contribution in [0.15, 0.2) is 78.9 Å². The number of carbonyl (C=O) groups excluding carboxylic acids is 1. The van der Waals surface area contributed by atoms with E-state index in [1.165, 1.54) is 0 Å². The molecule has 0 aromatic heterocycles. The maximum Gasteiger partial charge on any atom is 0.321 e. The molecule has 0 atom stereocenters. The fourth-order valence-corrected chi connectivity index (χ4v) is 3.42. The molecule has 1 heterocycles. The van der Waals surface area contributed by atoms with Crippen molar-refractivity contribution in [2.24, 2.45) is 0 Å². The number of nitrogens with one attached hydrogen (secondary N) is 1. The van der Waals surface area contributed by atoms with Crippen molar-refractivity contribution >= 4 is 17.4 Å². The molecule has 0 unspecified atom stereocenters. The molecule has 1 aliphatic heterocycles. The van der Waals surface area contributed by atoms with E-state index in [1.807, 2.05) is 78.6 Å². The Morgan fingerprint density at radius 3 is 2.10 bits per heavy atom. The summed E-state index contributed by atoms with van der Waals surface area (Å²) in [6, 6.07) is 25.7. The van der Waals surface area contributed by atoms with Crippen molar-refractivity contribution in [3.8, 4) is 11.5 Å². The Balaban J connectivity index is 1.31. The van der Waals surface area contributed by atoms with E-state index in [0.717, 1.165) is 41.5 Å². The van der Waals surface area contributed by atoms with Crippen LogP contribution in [0.3, 0.4) is 0 Å². The number of anilines is 2. The average molecular weight is 387 g/mol. The van der Waals surface area contributed by atoms with E-state index in [9.17, 15) is 4.79 Å². The molecule has 4 rings (SSSR count). The van der Waals surface area contributed by atoms with E-state index in [-0.39, 0.29) is 6.03 Å². The monoisotopic (exact) mass is 387 g/mol. The minimum absolute atomic E-state index is 0.0365. The highest BCUT2D eigenvalue weighted by molar-refractivity contribution is 5.90. The average Bonchev–Trinajstić information content (AvgIpc) is 2.77. The first kappa shape index (κ1) is 18.9. The molecule has 0 spiro atoms. The fraction of sp³-hybridized carbons (Fsp3) is 0.208. The molecule has 5 nitrogen and oxygen atoms in total. The number of hydrogen-bond acceptors (Lipinski definition) is 3. The van der Waals surface area contributed by atoms with E-state index >= 15 is 0 Å². The van der Waals surface area contributed by atoms with Gasteiger partial charge in [-0.1, -0.05) is 36.4 Å². The summed E-state index contributed by atoms with van der Waals surface area (Å²) in [7, 11) is 0. The van der Waals surface area contributed by atoms with Crippen LogP contribution in [0.1, 0.15) is 5.56 Å². The van der Waals surface area contributed by atoms with Gasteiger partial charge < -0.3 is 19.9 Å². The van der Waals surface area contributed by atoms with Crippen molar-refractivity contribution in [2.75, 3.05) is 36.4 Å². The van der Waals surface area contributed by atoms with E-state index in [0.29, 0.717) is 13.1 Å². The molecule has 1 aliphatic rings. The van der Waals surface area contributed by atoms with Gasteiger partial charge in [0.05, 0.1) is 0 Å². The number of urea groups is 1. The quantitative estimate of drug-likeness (QED) is 0.674. The number of para-hydroxylation sites is 2. The lowest BCUT2D eigenvalue weighted by atomic mass is 10.2. The molecule has 5 heteroatoms. The lowest BCUT2D eigenvalue weighted by molar-refractivity contribution is 0.208. The van der Waals surface area contributed by atoms with Crippen LogP contribution >= 0.6 is 0 Å². The number of rotatable bonds is 4. The Labute approximate surface area is 171 Å². The highest BCUT2D eigenvalue weighted by Gasteiger charge is 2.21. The standard InChI is InChI=1S/C24H25N3O2/c1-19-7-5-6-10-23(19)25-24(28)27-17-15-26(16-18-27)20-11-13-22(14-12-20)29-21-8-3-2-4-9-21/h2-14H,15-18H2,1H3,(H,25,28). The maximum absolute atomic E-state index is 12.6. The molecule has 1 N–H and O–H groups in total. The first-order valence-corrected chi connectivity index (χ1v) is 9.88. The van der Waals surface area contributed by atoms with Crippen LogP contribution in [0, 0.1) is 6.92 Å². The van der Waals surface area contributed by atoms with Gasteiger partial charge in [-0.15, -0.1) is 0 Å². The summed E-state index contributed by atoms with van der Waals surface area (Å²) in [5, 5.41) is 3.02. The van der Waals surface area contributed by atoms with Gasteiger partial charge in [0.2, 0.25) is 0 Å². The predicted molar refractivity (Wildman–Crippen MR) is 117 cm³/mol. The highest BCUT2D eigenvalue weighted by atomic mass is 16.5. The van der Waals surface area contributed by atoms with Crippen molar-refractivity contribution in [1.82, 2.24) is 4.90 Å². The number of amides is 2. The molecular weight excluding hydrogens is 362 g/mol. The van der Waals surface area contributed by atoms with Crippen LogP contribution in [-0.2, 0) is 0 Å². The van der Waals surface area contributed by atoms with Crippen molar-refractivity contribution in [3.05, 3.63) is 84.4 Å². The maximum atomic E-state index is 12.6. The summed E-state index contributed by atoms with van der Waals surface area (Å²) in [4.78, 5) is 16.7. The number of benzene rings is 3. The van der Waals surface area contributed by atoms with Crippen LogP contribution < -0.4 is 15.0 Å². The smallest absolute Gasteiger partial charge is 0.321 e. The molecule has 148 valence electrons. The predicted octanol–water partition coefficient (Wildman–Crippen LogP) is 5.14. The first-order valence-electron chi connectivity index (χ1n) is 9.88. The summed E-state index contributed by atoms with van der Waals surface area (Å²) >= 11 is 0. The summed E-state index contributed by atoms with van der Waals surface area (Å²) in [5.41, 5.74) is 3.08. The Bertz CT molecular complexity index is 949. The van der Waals surface area contributed by atoms with Crippen molar-refractivity contribution in [2.45, 2.75) is 6.92 Å². The van der Waals surface area contributed by atoms with Crippen molar-refractivity contribution in [3.63, 3.8) is 0 Å². The van der Waals surface area contributed by atoms with Crippen molar-refractivity contribution < 1.29 is 9.53 Å². The number of carbonyl (C=O) groups is 1. The SMILES string of the molecule is Cc1ccccc1NC(=O)N1CCN(c2ccc(Oc3ccccc3)cc2)CC1. The summed E-state index contributed by atoms with van der Waals surface area (Å²) in [6.07, 6.45) is 0. The zero-order chi connectivity index (χ0) is 20.1. The molecular formula is C24H25N3O2. The van der Waals surface area contributed by atoms with E-state index < -0.39 is 0 Å².